The molecule has 0 saturated heterocycles. The number of amides is 1. The molecule has 0 fully saturated rings. The zero-order valence-electron chi connectivity index (χ0n) is 15.2. The molecule has 2 rings (SSSR count). The van der Waals surface area contributed by atoms with Crippen molar-refractivity contribution in [3.63, 3.8) is 0 Å². The third-order valence-electron chi connectivity index (χ3n) is 4.04. The highest BCUT2D eigenvalue weighted by Gasteiger charge is 2.31. The quantitative estimate of drug-likeness (QED) is 0.722. The zero-order valence-corrected chi connectivity index (χ0v) is 16.7. The second-order valence-electron chi connectivity index (χ2n) is 6.13. The Morgan fingerprint density at radius 1 is 1.15 bits per heavy atom. The molecule has 0 heterocycles. The number of hydrogen-bond donors (Lipinski definition) is 1. The van der Waals surface area contributed by atoms with E-state index >= 15 is 0 Å². The first-order valence-corrected chi connectivity index (χ1v) is 10.7. The lowest BCUT2D eigenvalue weighted by atomic mass is 10.1. The van der Waals surface area contributed by atoms with Crippen molar-refractivity contribution in [2.45, 2.75) is 25.8 Å². The van der Waals surface area contributed by atoms with Crippen molar-refractivity contribution >= 4 is 33.2 Å². The van der Waals surface area contributed by atoms with Gasteiger partial charge < -0.3 is 5.32 Å². The molecule has 0 saturated carbocycles. The Morgan fingerprint density at radius 3 is 2.26 bits per heavy atom. The second-order valence-corrected chi connectivity index (χ2v) is 8.42. The summed E-state index contributed by atoms with van der Waals surface area (Å²) in [5.41, 5.74) is 1.25. The van der Waals surface area contributed by atoms with E-state index in [0.717, 1.165) is 16.1 Å². The molecule has 5 nitrogen and oxygen atoms in total. The van der Waals surface area contributed by atoms with Crippen LogP contribution in [0.4, 0.5) is 10.1 Å². The number of sulfonamides is 1. The van der Waals surface area contributed by atoms with Crippen molar-refractivity contribution < 1.29 is 17.6 Å². The number of carbonyl (C=O) groups excluding carboxylic acids is 1. The van der Waals surface area contributed by atoms with Crippen LogP contribution in [0.1, 0.15) is 18.9 Å². The number of benzene rings is 2. The molecule has 2 aromatic rings. The van der Waals surface area contributed by atoms with Crippen LogP contribution < -0.4 is 9.62 Å². The smallest absolute Gasteiger partial charge is 0.243 e. The Bertz CT molecular complexity index is 871. The highest BCUT2D eigenvalue weighted by atomic mass is 35.5. The van der Waals surface area contributed by atoms with Gasteiger partial charge in [0.2, 0.25) is 15.9 Å². The number of nitrogens with zero attached hydrogens (tertiary/aromatic N) is 1. The third kappa shape index (κ3) is 5.94. The lowest BCUT2D eigenvalue weighted by molar-refractivity contribution is -0.122. The first-order valence-electron chi connectivity index (χ1n) is 8.49. The van der Waals surface area contributed by atoms with Crippen LogP contribution in [0.25, 0.3) is 0 Å². The van der Waals surface area contributed by atoms with Gasteiger partial charge in [0, 0.05) is 11.6 Å². The summed E-state index contributed by atoms with van der Waals surface area (Å²) in [6, 6.07) is 11.4. The summed E-state index contributed by atoms with van der Waals surface area (Å²) in [5.74, 6) is -0.881. The van der Waals surface area contributed by atoms with E-state index in [1.165, 1.54) is 24.3 Å². The Balaban J connectivity index is 2.11. The molecule has 27 heavy (non-hydrogen) atoms. The zero-order chi connectivity index (χ0) is 20.0. The predicted octanol–water partition coefficient (Wildman–Crippen LogP) is 3.38. The molecule has 0 aliphatic carbocycles. The maximum absolute atomic E-state index is 13.2. The molecular weight excluding hydrogens is 391 g/mol. The summed E-state index contributed by atoms with van der Waals surface area (Å²) in [6.45, 7) is 2.09. The van der Waals surface area contributed by atoms with Gasteiger partial charge in [-0.25, -0.2) is 12.8 Å². The van der Waals surface area contributed by atoms with Crippen molar-refractivity contribution in [3.05, 3.63) is 64.9 Å². The normalized spacial score (nSPS) is 12.4. The average Bonchev–Trinajstić information content (AvgIpc) is 2.61. The predicted molar refractivity (Wildman–Crippen MR) is 106 cm³/mol. The number of carbonyl (C=O) groups is 1. The summed E-state index contributed by atoms with van der Waals surface area (Å²) in [6.07, 6.45) is 1.89. The Hall–Kier alpha value is -2.12. The van der Waals surface area contributed by atoms with Crippen LogP contribution in [0.3, 0.4) is 0 Å². The standard InChI is InChI=1S/C19H22ClFN2O3S/c1-3-18(19(24)22-13-12-14-4-6-15(20)7-5-14)23(27(2,25)26)17-10-8-16(21)9-11-17/h4-11,18H,3,12-13H2,1-2H3,(H,22,24)/t18-/m0/s1. The number of rotatable bonds is 8. The Labute approximate surface area is 164 Å². The minimum Gasteiger partial charge on any atom is -0.354 e. The van der Waals surface area contributed by atoms with E-state index in [-0.39, 0.29) is 12.1 Å². The van der Waals surface area contributed by atoms with E-state index in [1.807, 2.05) is 12.1 Å². The molecule has 0 aliphatic heterocycles. The van der Waals surface area contributed by atoms with E-state index in [4.69, 9.17) is 11.6 Å². The van der Waals surface area contributed by atoms with Crippen LogP contribution in [-0.4, -0.2) is 33.2 Å². The fourth-order valence-electron chi connectivity index (χ4n) is 2.75. The minimum atomic E-state index is -3.73. The van der Waals surface area contributed by atoms with Gasteiger partial charge in [0.25, 0.3) is 0 Å². The van der Waals surface area contributed by atoms with Crippen LogP contribution in [0.5, 0.6) is 0 Å². The lowest BCUT2D eigenvalue weighted by Gasteiger charge is -2.30. The molecule has 1 N–H and O–H groups in total. The highest BCUT2D eigenvalue weighted by molar-refractivity contribution is 7.92. The molecule has 0 bridgehead atoms. The molecule has 0 spiro atoms. The van der Waals surface area contributed by atoms with Crippen molar-refractivity contribution in [1.29, 1.82) is 0 Å². The van der Waals surface area contributed by atoms with Gasteiger partial charge in [0.1, 0.15) is 11.9 Å². The first kappa shape index (κ1) is 21.2. The molecule has 8 heteroatoms. The fourth-order valence-corrected chi connectivity index (χ4v) is 4.08. The minimum absolute atomic E-state index is 0.249. The molecule has 0 unspecified atom stereocenters. The van der Waals surface area contributed by atoms with E-state index in [1.54, 1.807) is 19.1 Å². The SMILES string of the molecule is CC[C@@H](C(=O)NCCc1ccc(Cl)cc1)N(c1ccc(F)cc1)S(C)(=O)=O. The molecule has 1 atom stereocenters. The largest absolute Gasteiger partial charge is 0.354 e. The van der Waals surface area contributed by atoms with Crippen LogP contribution >= 0.6 is 11.6 Å². The van der Waals surface area contributed by atoms with Crippen LogP contribution in [-0.2, 0) is 21.2 Å². The lowest BCUT2D eigenvalue weighted by Crippen LogP contribution is -2.49. The number of nitrogens with one attached hydrogen (secondary N) is 1. The van der Waals surface area contributed by atoms with Gasteiger partial charge in [0.15, 0.2) is 0 Å². The maximum atomic E-state index is 13.2. The van der Waals surface area contributed by atoms with Gasteiger partial charge in [-0.05, 0) is 54.8 Å². The topological polar surface area (TPSA) is 66.5 Å². The van der Waals surface area contributed by atoms with Gasteiger partial charge in [-0.1, -0.05) is 30.7 Å². The van der Waals surface area contributed by atoms with Crippen LogP contribution in [0.15, 0.2) is 48.5 Å². The van der Waals surface area contributed by atoms with E-state index in [2.05, 4.69) is 5.32 Å². The van der Waals surface area contributed by atoms with Gasteiger partial charge in [-0.15, -0.1) is 0 Å². The van der Waals surface area contributed by atoms with E-state index < -0.39 is 27.8 Å². The second kappa shape index (κ2) is 9.19. The van der Waals surface area contributed by atoms with Crippen LogP contribution in [0, 0.1) is 5.82 Å². The maximum Gasteiger partial charge on any atom is 0.243 e. The van der Waals surface area contributed by atoms with Crippen molar-refractivity contribution in [2.24, 2.45) is 0 Å². The Morgan fingerprint density at radius 2 is 1.74 bits per heavy atom. The van der Waals surface area contributed by atoms with Gasteiger partial charge in [-0.2, -0.15) is 0 Å². The summed E-state index contributed by atoms with van der Waals surface area (Å²) in [5, 5.41) is 3.41. The first-order chi connectivity index (χ1) is 12.7. The molecule has 0 radical (unpaired) electrons. The summed E-state index contributed by atoms with van der Waals surface area (Å²) < 4.78 is 38.8. The third-order valence-corrected chi connectivity index (χ3v) is 5.47. The number of halogens is 2. The fraction of sp³-hybridized carbons (Fsp3) is 0.316. The molecular formula is C19H22ClFN2O3S. The summed E-state index contributed by atoms with van der Waals surface area (Å²) in [7, 11) is -3.73. The average molecular weight is 413 g/mol. The molecule has 1 amide bonds. The Kier molecular flexibility index (Phi) is 7.21. The van der Waals surface area contributed by atoms with Crippen molar-refractivity contribution in [3.8, 4) is 0 Å². The number of anilines is 1. The molecule has 0 aliphatic rings. The van der Waals surface area contributed by atoms with Crippen molar-refractivity contribution in [1.82, 2.24) is 5.32 Å². The van der Waals surface area contributed by atoms with Crippen LogP contribution in [0.2, 0.25) is 5.02 Å². The monoisotopic (exact) mass is 412 g/mol. The highest BCUT2D eigenvalue weighted by Crippen LogP contribution is 2.22. The molecule has 0 aromatic heterocycles. The molecule has 146 valence electrons. The van der Waals surface area contributed by atoms with Crippen molar-refractivity contribution in [2.75, 3.05) is 17.1 Å². The number of hydrogen-bond acceptors (Lipinski definition) is 3. The summed E-state index contributed by atoms with van der Waals surface area (Å²) in [4.78, 5) is 12.6. The van der Waals surface area contributed by atoms with E-state index in [9.17, 15) is 17.6 Å². The summed E-state index contributed by atoms with van der Waals surface area (Å²) >= 11 is 5.85. The van der Waals surface area contributed by atoms with Gasteiger partial charge >= 0.3 is 0 Å². The van der Waals surface area contributed by atoms with Gasteiger partial charge in [0.05, 0.1) is 11.9 Å². The van der Waals surface area contributed by atoms with E-state index in [0.29, 0.717) is 18.0 Å². The molecule has 2 aromatic carbocycles. The van der Waals surface area contributed by atoms with Gasteiger partial charge in [-0.3, -0.25) is 9.10 Å².